The number of aromatic nitrogens is 1. The Morgan fingerprint density at radius 1 is 0.970 bits per heavy atom. The Morgan fingerprint density at radius 3 is 2.33 bits per heavy atom. The second kappa shape index (κ2) is 7.89. The van der Waals surface area contributed by atoms with Crippen molar-refractivity contribution in [2.24, 2.45) is 5.73 Å². The Balaban J connectivity index is 1.68. The highest BCUT2D eigenvalue weighted by molar-refractivity contribution is 6.03. The van der Waals surface area contributed by atoms with Gasteiger partial charge in [-0.3, -0.25) is 9.36 Å². The molecule has 3 heterocycles. The number of fused-ring (bicyclic) bond motifs is 2. The second-order valence-corrected chi connectivity index (χ2v) is 9.38. The maximum Gasteiger partial charge on any atom is 0.323 e. The van der Waals surface area contributed by atoms with Gasteiger partial charge in [-0.15, -0.1) is 0 Å². The summed E-state index contributed by atoms with van der Waals surface area (Å²) in [5.41, 5.74) is 15.5. The smallest absolute Gasteiger partial charge is 0.323 e. The zero-order valence-corrected chi connectivity index (χ0v) is 19.7. The van der Waals surface area contributed by atoms with E-state index in [0.29, 0.717) is 12.1 Å². The summed E-state index contributed by atoms with van der Waals surface area (Å²) >= 11 is 0. The first-order valence-corrected chi connectivity index (χ1v) is 11.5. The van der Waals surface area contributed by atoms with Gasteiger partial charge in [-0.2, -0.15) is 0 Å². The van der Waals surface area contributed by atoms with E-state index in [1.165, 1.54) is 11.1 Å². The SMILES string of the molecule is Cc1c(C)c(-c2cc3c(cc2C(=O)N2Cc4ccccc4C[C@H]2C)CNC3)n(C(N)=O)c1C. The van der Waals surface area contributed by atoms with E-state index in [1.807, 2.05) is 37.8 Å². The van der Waals surface area contributed by atoms with Crippen LogP contribution in [0.15, 0.2) is 36.4 Å². The van der Waals surface area contributed by atoms with Crippen LogP contribution in [0.4, 0.5) is 4.79 Å². The van der Waals surface area contributed by atoms with Crippen LogP contribution in [-0.2, 0) is 26.1 Å². The molecule has 0 spiro atoms. The molecule has 3 aromatic rings. The molecule has 5 rings (SSSR count). The summed E-state index contributed by atoms with van der Waals surface area (Å²) in [5, 5.41) is 3.38. The molecule has 2 aliphatic rings. The molecule has 1 atom stereocenters. The molecule has 33 heavy (non-hydrogen) atoms. The van der Waals surface area contributed by atoms with Crippen LogP contribution in [0.1, 0.15) is 56.4 Å². The molecule has 170 valence electrons. The summed E-state index contributed by atoms with van der Waals surface area (Å²) in [6, 6.07) is 12.0. The van der Waals surface area contributed by atoms with Gasteiger partial charge in [0.05, 0.1) is 5.69 Å². The molecule has 0 radical (unpaired) electrons. The van der Waals surface area contributed by atoms with Crippen molar-refractivity contribution < 1.29 is 9.59 Å². The van der Waals surface area contributed by atoms with Crippen molar-refractivity contribution in [1.29, 1.82) is 0 Å². The topological polar surface area (TPSA) is 80.4 Å². The highest BCUT2D eigenvalue weighted by Crippen LogP contribution is 2.37. The first kappa shape index (κ1) is 21.5. The maximum atomic E-state index is 14.1. The Kier molecular flexibility index (Phi) is 5.13. The Morgan fingerprint density at radius 2 is 1.64 bits per heavy atom. The third kappa shape index (κ3) is 3.37. The molecule has 6 nitrogen and oxygen atoms in total. The number of amides is 2. The van der Waals surface area contributed by atoms with Crippen molar-refractivity contribution in [3.05, 3.63) is 81.0 Å². The lowest BCUT2D eigenvalue weighted by molar-refractivity contribution is 0.0659. The van der Waals surface area contributed by atoms with Crippen molar-refractivity contribution in [2.75, 3.05) is 0 Å². The molecule has 0 saturated heterocycles. The summed E-state index contributed by atoms with van der Waals surface area (Å²) in [6.45, 7) is 10.1. The number of nitrogens with two attached hydrogens (primary N) is 1. The monoisotopic (exact) mass is 442 g/mol. The van der Waals surface area contributed by atoms with Gasteiger partial charge in [-0.05, 0) is 79.6 Å². The summed E-state index contributed by atoms with van der Waals surface area (Å²) in [7, 11) is 0. The molecule has 0 aliphatic carbocycles. The summed E-state index contributed by atoms with van der Waals surface area (Å²) in [6.07, 6.45) is 0.832. The molecule has 0 fully saturated rings. The molecule has 1 aromatic heterocycles. The second-order valence-electron chi connectivity index (χ2n) is 9.38. The number of nitrogens with one attached hydrogen (secondary N) is 1. The van der Waals surface area contributed by atoms with Crippen molar-refractivity contribution in [3.8, 4) is 11.3 Å². The van der Waals surface area contributed by atoms with Gasteiger partial charge in [0.15, 0.2) is 0 Å². The quantitative estimate of drug-likeness (QED) is 0.624. The molecule has 0 saturated carbocycles. The standard InChI is InChI=1S/C27H30N4O2/c1-15-9-19-7-5-6-8-20(19)14-30(15)26(32)24-11-22-13-29-12-21(22)10-23(24)25-17(3)16(2)18(4)31(25)27(28)33/h5-8,10-11,15,29H,9,12-14H2,1-4H3,(H2,28,33)/t15-/m1/s1. The molecule has 2 aromatic carbocycles. The fourth-order valence-electron chi connectivity index (χ4n) is 5.38. The van der Waals surface area contributed by atoms with E-state index in [4.69, 9.17) is 5.73 Å². The molecule has 6 heteroatoms. The van der Waals surface area contributed by atoms with Crippen LogP contribution in [-0.4, -0.2) is 27.4 Å². The van der Waals surface area contributed by atoms with Crippen molar-refractivity contribution in [2.45, 2.75) is 59.8 Å². The van der Waals surface area contributed by atoms with E-state index in [0.717, 1.165) is 58.7 Å². The van der Waals surface area contributed by atoms with Crippen LogP contribution < -0.4 is 11.1 Å². The number of nitrogens with zero attached hydrogens (tertiary/aromatic N) is 2. The van der Waals surface area contributed by atoms with E-state index in [-0.39, 0.29) is 11.9 Å². The summed E-state index contributed by atoms with van der Waals surface area (Å²) < 4.78 is 1.56. The maximum absolute atomic E-state index is 14.1. The normalized spacial score (nSPS) is 17.1. The Hall–Kier alpha value is -3.38. The van der Waals surface area contributed by atoms with E-state index < -0.39 is 6.03 Å². The average Bonchev–Trinajstić information content (AvgIpc) is 3.34. The molecule has 2 aliphatic heterocycles. The van der Waals surface area contributed by atoms with Crippen LogP contribution >= 0.6 is 0 Å². The van der Waals surface area contributed by atoms with Crippen LogP contribution in [0, 0.1) is 20.8 Å². The van der Waals surface area contributed by atoms with Crippen molar-refractivity contribution >= 4 is 11.9 Å². The number of carbonyl (C=O) groups excluding carboxylic acids is 2. The predicted octanol–water partition coefficient (Wildman–Crippen LogP) is 4.20. The number of primary amides is 1. The van der Waals surface area contributed by atoms with Gasteiger partial charge in [0, 0.05) is 42.5 Å². The van der Waals surface area contributed by atoms with Gasteiger partial charge >= 0.3 is 6.03 Å². The molecule has 0 bridgehead atoms. The zero-order valence-electron chi connectivity index (χ0n) is 19.7. The van der Waals surface area contributed by atoms with Crippen LogP contribution in [0.3, 0.4) is 0 Å². The van der Waals surface area contributed by atoms with Gasteiger partial charge in [0.2, 0.25) is 0 Å². The molecular weight excluding hydrogens is 412 g/mol. The minimum absolute atomic E-state index is 0.00590. The lowest BCUT2D eigenvalue weighted by Gasteiger charge is -2.35. The lowest BCUT2D eigenvalue weighted by atomic mass is 9.91. The van der Waals surface area contributed by atoms with E-state index in [9.17, 15) is 9.59 Å². The van der Waals surface area contributed by atoms with Gasteiger partial charge in [0.1, 0.15) is 0 Å². The Bertz CT molecular complexity index is 1300. The third-order valence-electron chi connectivity index (χ3n) is 7.46. The fourth-order valence-corrected chi connectivity index (χ4v) is 5.38. The van der Waals surface area contributed by atoms with Gasteiger partial charge < -0.3 is 16.0 Å². The van der Waals surface area contributed by atoms with Crippen LogP contribution in [0.25, 0.3) is 11.3 Å². The highest BCUT2D eigenvalue weighted by Gasteiger charge is 2.32. The van der Waals surface area contributed by atoms with Gasteiger partial charge in [-0.25, -0.2) is 4.79 Å². The summed E-state index contributed by atoms with van der Waals surface area (Å²) in [4.78, 5) is 28.5. The van der Waals surface area contributed by atoms with Gasteiger partial charge in [-0.1, -0.05) is 24.3 Å². The van der Waals surface area contributed by atoms with E-state index in [1.54, 1.807) is 4.57 Å². The van der Waals surface area contributed by atoms with Gasteiger partial charge in [0.25, 0.3) is 5.91 Å². The minimum Gasteiger partial charge on any atom is -0.351 e. The third-order valence-corrected chi connectivity index (χ3v) is 7.46. The number of benzene rings is 2. The average molecular weight is 443 g/mol. The molecule has 3 N–H and O–H groups in total. The first-order valence-electron chi connectivity index (χ1n) is 11.5. The largest absolute Gasteiger partial charge is 0.351 e. The minimum atomic E-state index is -0.531. The Labute approximate surface area is 194 Å². The van der Waals surface area contributed by atoms with Crippen molar-refractivity contribution in [1.82, 2.24) is 14.8 Å². The molecular formula is C27H30N4O2. The summed E-state index contributed by atoms with van der Waals surface area (Å²) in [5.74, 6) is -0.00590. The van der Waals surface area contributed by atoms with Crippen molar-refractivity contribution in [3.63, 3.8) is 0 Å². The number of hydrogen-bond acceptors (Lipinski definition) is 3. The zero-order chi connectivity index (χ0) is 23.4. The predicted molar refractivity (Wildman–Crippen MR) is 129 cm³/mol. The van der Waals surface area contributed by atoms with Crippen LogP contribution in [0.5, 0.6) is 0 Å². The molecule has 0 unspecified atom stereocenters. The van der Waals surface area contributed by atoms with E-state index in [2.05, 4.69) is 36.5 Å². The molecule has 2 amide bonds. The van der Waals surface area contributed by atoms with Crippen LogP contribution in [0.2, 0.25) is 0 Å². The highest BCUT2D eigenvalue weighted by atomic mass is 16.2. The fraction of sp³-hybridized carbons (Fsp3) is 0.333. The van der Waals surface area contributed by atoms with E-state index >= 15 is 0 Å². The number of carbonyl (C=O) groups is 2. The number of hydrogen-bond donors (Lipinski definition) is 2. The lowest BCUT2D eigenvalue weighted by Crippen LogP contribution is -2.42. The number of rotatable bonds is 2. The first-order chi connectivity index (χ1) is 15.8.